The van der Waals surface area contributed by atoms with Gasteiger partial charge in [0.2, 0.25) is 0 Å². The molecule has 60 valence electrons. The second-order valence-corrected chi connectivity index (χ2v) is 3.37. The summed E-state index contributed by atoms with van der Waals surface area (Å²) >= 11 is 0. The molecule has 11 heavy (non-hydrogen) atoms. The monoisotopic (exact) mass is 150 g/mol. The van der Waals surface area contributed by atoms with Crippen molar-refractivity contribution < 1.29 is 4.79 Å². The third-order valence-electron chi connectivity index (χ3n) is 2.28. The summed E-state index contributed by atoms with van der Waals surface area (Å²) in [5.74, 6) is 0.236. The van der Waals surface area contributed by atoms with Gasteiger partial charge in [0.25, 0.3) is 0 Å². The molecular weight excluding hydrogens is 136 g/mol. The van der Waals surface area contributed by atoms with Crippen molar-refractivity contribution in [3.63, 3.8) is 0 Å². The van der Waals surface area contributed by atoms with Crippen LogP contribution in [-0.2, 0) is 4.79 Å². The molecule has 1 unspecified atom stereocenters. The zero-order valence-corrected chi connectivity index (χ0v) is 7.13. The standard InChI is InChI=1S/C10H14O/c1-3-10(2)7-5-4-6-9(11)8-10/h4-7H,3,8H2,1-2H3. The number of hydrogen-bond acceptors (Lipinski definition) is 1. The molecule has 0 radical (unpaired) electrons. The Morgan fingerprint density at radius 2 is 2.27 bits per heavy atom. The van der Waals surface area contributed by atoms with E-state index in [1.165, 1.54) is 0 Å². The maximum absolute atomic E-state index is 11.1. The Bertz CT molecular complexity index is 213. The Balaban J connectivity index is 2.79. The van der Waals surface area contributed by atoms with E-state index in [-0.39, 0.29) is 11.2 Å². The molecule has 1 atom stereocenters. The highest BCUT2D eigenvalue weighted by Crippen LogP contribution is 2.29. The quantitative estimate of drug-likeness (QED) is 0.561. The highest BCUT2D eigenvalue weighted by molar-refractivity contribution is 5.91. The lowest BCUT2D eigenvalue weighted by atomic mass is 9.83. The molecule has 0 saturated carbocycles. The molecule has 0 bridgehead atoms. The van der Waals surface area contributed by atoms with Crippen LogP contribution in [0.25, 0.3) is 0 Å². The third kappa shape index (κ3) is 2.04. The molecule has 1 heteroatoms. The zero-order chi connectivity index (χ0) is 8.32. The van der Waals surface area contributed by atoms with Crippen LogP contribution >= 0.6 is 0 Å². The molecule has 1 nitrogen and oxygen atoms in total. The maximum Gasteiger partial charge on any atom is 0.156 e. The van der Waals surface area contributed by atoms with Crippen molar-refractivity contribution in [2.24, 2.45) is 5.41 Å². The van der Waals surface area contributed by atoms with Crippen LogP contribution in [0.1, 0.15) is 26.7 Å². The van der Waals surface area contributed by atoms with Gasteiger partial charge in [-0.2, -0.15) is 0 Å². The van der Waals surface area contributed by atoms with Gasteiger partial charge in [-0.05, 0) is 17.9 Å². The first-order valence-electron chi connectivity index (χ1n) is 4.05. The van der Waals surface area contributed by atoms with E-state index in [4.69, 9.17) is 0 Å². The van der Waals surface area contributed by atoms with E-state index in [1.54, 1.807) is 6.08 Å². The van der Waals surface area contributed by atoms with Gasteiger partial charge in [0.15, 0.2) is 5.78 Å². The molecule has 0 aliphatic heterocycles. The molecule has 0 spiro atoms. The van der Waals surface area contributed by atoms with Gasteiger partial charge in [0.05, 0.1) is 0 Å². The summed E-state index contributed by atoms with van der Waals surface area (Å²) in [7, 11) is 0. The van der Waals surface area contributed by atoms with Gasteiger partial charge in [-0.3, -0.25) is 4.79 Å². The molecule has 0 heterocycles. The van der Waals surface area contributed by atoms with Crippen LogP contribution in [-0.4, -0.2) is 5.78 Å². The summed E-state index contributed by atoms with van der Waals surface area (Å²) in [5, 5.41) is 0. The van der Waals surface area contributed by atoms with Crippen molar-refractivity contribution in [2.45, 2.75) is 26.7 Å². The average Bonchev–Trinajstić information content (AvgIpc) is 2.13. The van der Waals surface area contributed by atoms with Crippen LogP contribution in [0, 0.1) is 5.41 Å². The van der Waals surface area contributed by atoms with E-state index in [1.807, 2.05) is 12.2 Å². The summed E-state index contributed by atoms with van der Waals surface area (Å²) in [6.45, 7) is 4.23. The van der Waals surface area contributed by atoms with E-state index >= 15 is 0 Å². The van der Waals surface area contributed by atoms with Crippen LogP contribution in [0.15, 0.2) is 24.3 Å². The molecule has 0 fully saturated rings. The highest BCUT2D eigenvalue weighted by atomic mass is 16.1. The van der Waals surface area contributed by atoms with Gasteiger partial charge >= 0.3 is 0 Å². The Kier molecular flexibility index (Phi) is 2.28. The number of hydrogen-bond donors (Lipinski definition) is 0. The van der Waals surface area contributed by atoms with Crippen LogP contribution in [0.2, 0.25) is 0 Å². The van der Waals surface area contributed by atoms with E-state index in [0.29, 0.717) is 6.42 Å². The minimum absolute atomic E-state index is 0.0839. The number of carbonyl (C=O) groups excluding carboxylic acids is 1. The first kappa shape index (κ1) is 8.25. The van der Waals surface area contributed by atoms with Gasteiger partial charge in [0, 0.05) is 6.42 Å². The van der Waals surface area contributed by atoms with E-state index in [2.05, 4.69) is 19.9 Å². The van der Waals surface area contributed by atoms with Crippen molar-refractivity contribution in [3.8, 4) is 0 Å². The Labute approximate surface area is 67.8 Å². The Morgan fingerprint density at radius 1 is 1.55 bits per heavy atom. The summed E-state index contributed by atoms with van der Waals surface area (Å²) in [6.07, 6.45) is 9.23. The second-order valence-electron chi connectivity index (χ2n) is 3.37. The van der Waals surface area contributed by atoms with Crippen molar-refractivity contribution in [1.29, 1.82) is 0 Å². The Morgan fingerprint density at radius 3 is 2.91 bits per heavy atom. The molecule has 0 amide bonds. The lowest BCUT2D eigenvalue weighted by Crippen LogP contribution is -2.15. The van der Waals surface area contributed by atoms with E-state index in [9.17, 15) is 4.79 Å². The van der Waals surface area contributed by atoms with Gasteiger partial charge in [-0.25, -0.2) is 0 Å². The van der Waals surface area contributed by atoms with Crippen molar-refractivity contribution in [1.82, 2.24) is 0 Å². The molecular formula is C10H14O. The first-order chi connectivity index (χ1) is 5.16. The Hall–Kier alpha value is -0.850. The lowest BCUT2D eigenvalue weighted by Gasteiger charge is -2.21. The van der Waals surface area contributed by atoms with Gasteiger partial charge < -0.3 is 0 Å². The lowest BCUT2D eigenvalue weighted by molar-refractivity contribution is -0.116. The van der Waals surface area contributed by atoms with E-state index < -0.39 is 0 Å². The predicted molar refractivity (Wildman–Crippen MR) is 46.3 cm³/mol. The minimum Gasteiger partial charge on any atom is -0.295 e. The predicted octanol–water partition coefficient (Wildman–Crippen LogP) is 2.49. The van der Waals surface area contributed by atoms with Crippen LogP contribution in [0.4, 0.5) is 0 Å². The van der Waals surface area contributed by atoms with E-state index in [0.717, 1.165) is 6.42 Å². The molecule has 1 aliphatic rings. The van der Waals surface area contributed by atoms with Crippen LogP contribution in [0.5, 0.6) is 0 Å². The molecule has 1 rings (SSSR count). The number of carbonyl (C=O) groups is 1. The number of ketones is 1. The average molecular weight is 150 g/mol. The molecule has 0 saturated heterocycles. The molecule has 0 aromatic carbocycles. The molecule has 0 N–H and O–H groups in total. The third-order valence-corrected chi connectivity index (χ3v) is 2.28. The van der Waals surface area contributed by atoms with Crippen LogP contribution in [0.3, 0.4) is 0 Å². The normalized spacial score (nSPS) is 30.5. The van der Waals surface area contributed by atoms with Crippen molar-refractivity contribution in [3.05, 3.63) is 24.3 Å². The summed E-state index contributed by atoms with van der Waals surface area (Å²) in [4.78, 5) is 11.1. The van der Waals surface area contributed by atoms with Gasteiger partial charge in [0.1, 0.15) is 0 Å². The SMILES string of the molecule is CCC1(C)C=CC=CC(=O)C1. The van der Waals surface area contributed by atoms with Gasteiger partial charge in [-0.1, -0.05) is 32.1 Å². The summed E-state index contributed by atoms with van der Waals surface area (Å²) < 4.78 is 0. The highest BCUT2D eigenvalue weighted by Gasteiger charge is 2.21. The smallest absolute Gasteiger partial charge is 0.156 e. The largest absolute Gasteiger partial charge is 0.295 e. The second kappa shape index (κ2) is 3.04. The molecule has 0 aromatic rings. The van der Waals surface area contributed by atoms with Gasteiger partial charge in [-0.15, -0.1) is 0 Å². The van der Waals surface area contributed by atoms with Crippen molar-refractivity contribution in [2.75, 3.05) is 0 Å². The number of rotatable bonds is 1. The molecule has 0 aromatic heterocycles. The molecule has 1 aliphatic carbocycles. The summed E-state index contributed by atoms with van der Waals surface area (Å²) in [5.41, 5.74) is 0.0839. The maximum atomic E-state index is 11.1. The summed E-state index contributed by atoms with van der Waals surface area (Å²) in [6, 6.07) is 0. The fraction of sp³-hybridized carbons (Fsp3) is 0.500. The zero-order valence-electron chi connectivity index (χ0n) is 7.13. The van der Waals surface area contributed by atoms with Crippen molar-refractivity contribution >= 4 is 5.78 Å². The fourth-order valence-electron chi connectivity index (χ4n) is 1.21. The number of allylic oxidation sites excluding steroid dienone is 4. The fourth-order valence-corrected chi connectivity index (χ4v) is 1.21. The topological polar surface area (TPSA) is 17.1 Å². The van der Waals surface area contributed by atoms with Crippen LogP contribution < -0.4 is 0 Å². The minimum atomic E-state index is 0.0839. The first-order valence-corrected chi connectivity index (χ1v) is 4.05.